The minimum Gasteiger partial charge on any atom is -0.481 e. The van der Waals surface area contributed by atoms with Crippen LogP contribution in [-0.2, 0) is 45.5 Å². The number of likely N-dealkylation sites (tertiary alicyclic amines) is 1. The second kappa shape index (κ2) is 24.7. The lowest BCUT2D eigenvalue weighted by Crippen LogP contribution is -2.58. The van der Waals surface area contributed by atoms with Gasteiger partial charge in [0.15, 0.2) is 11.9 Å². The number of carbonyl (C=O) groups excluding carboxylic acids is 5. The quantitative estimate of drug-likeness (QED) is 0.0465. The molecule has 5 N–H and O–H groups in total. The summed E-state index contributed by atoms with van der Waals surface area (Å²) in [6.45, 7) is 11.3. The number of piperidine rings is 1. The SMILES string of the molecule is CC[C@H](C)[C@H](NC(=O)[C@H]1CCCCN1C)C(=O)N(C)[C@H](C[C@@H](OC(C)=O)c1nc(C(=O)N[C@@H](Cc2ccc(OS(=O)(=O)O)c(NC(=O)CCCS)c2)CC(C)C(=O)O)cs1)C(C)C. The smallest absolute Gasteiger partial charge is 0.446 e. The van der Waals surface area contributed by atoms with Gasteiger partial charge in [0.25, 0.3) is 5.91 Å². The number of thiazole rings is 1. The lowest BCUT2D eigenvalue weighted by atomic mass is 9.92. The Balaban J connectivity index is 1.88. The minimum absolute atomic E-state index is 0.0218. The van der Waals surface area contributed by atoms with Crippen molar-refractivity contribution in [1.29, 1.82) is 0 Å². The van der Waals surface area contributed by atoms with Crippen LogP contribution in [0.1, 0.15) is 120 Å². The number of nitrogens with zero attached hydrogens (tertiary/aromatic N) is 3. The fourth-order valence-corrected chi connectivity index (χ4v) is 8.83. The molecule has 2 aromatic rings. The summed E-state index contributed by atoms with van der Waals surface area (Å²) >= 11 is 5.17. The molecule has 4 amide bonds. The lowest BCUT2D eigenvalue weighted by molar-refractivity contribution is -0.149. The van der Waals surface area contributed by atoms with Gasteiger partial charge < -0.3 is 34.9 Å². The number of aromatic nitrogens is 1. The third kappa shape index (κ3) is 16.6. The van der Waals surface area contributed by atoms with Gasteiger partial charge in [0.05, 0.1) is 17.6 Å². The van der Waals surface area contributed by atoms with Gasteiger partial charge in [-0.15, -0.1) is 11.3 Å². The van der Waals surface area contributed by atoms with E-state index in [1.54, 1.807) is 11.9 Å². The van der Waals surface area contributed by atoms with Crippen molar-refractivity contribution in [3.8, 4) is 5.75 Å². The van der Waals surface area contributed by atoms with Crippen molar-refractivity contribution in [3.05, 3.63) is 39.8 Å². The highest BCUT2D eigenvalue weighted by molar-refractivity contribution is 7.81. The molecule has 1 aliphatic rings. The van der Waals surface area contributed by atoms with Crippen LogP contribution in [0, 0.1) is 17.8 Å². The Morgan fingerprint density at radius 2 is 1.78 bits per heavy atom. The van der Waals surface area contributed by atoms with Crippen molar-refractivity contribution < 1.29 is 55.8 Å². The zero-order chi connectivity index (χ0) is 47.2. The zero-order valence-corrected chi connectivity index (χ0v) is 39.8. The second-order valence-electron chi connectivity index (χ2n) is 16.6. The molecule has 0 saturated carbocycles. The number of hydrogen-bond donors (Lipinski definition) is 6. The number of anilines is 1. The maximum Gasteiger partial charge on any atom is 0.446 e. The third-order valence-corrected chi connectivity index (χ3v) is 12.9. The number of aliphatic carboxylic acids is 1. The number of likely N-dealkylation sites (N-methyl/N-ethyl adjacent to an activating group) is 2. The van der Waals surface area contributed by atoms with Crippen LogP contribution in [0.5, 0.6) is 5.75 Å². The van der Waals surface area contributed by atoms with E-state index in [-0.39, 0.29) is 77.5 Å². The number of carboxylic acid groups (broad SMARTS) is 1. The number of esters is 1. The molecule has 1 aromatic heterocycles. The molecule has 2 heterocycles. The van der Waals surface area contributed by atoms with Crippen LogP contribution in [-0.4, -0.2) is 119 Å². The fourth-order valence-electron chi connectivity index (χ4n) is 7.46. The monoisotopic (exact) mass is 940 g/mol. The van der Waals surface area contributed by atoms with Crippen LogP contribution in [0.3, 0.4) is 0 Å². The van der Waals surface area contributed by atoms with Gasteiger partial charge in [-0.05, 0) is 81.0 Å². The predicted molar refractivity (Wildman–Crippen MR) is 241 cm³/mol. The highest BCUT2D eigenvalue weighted by Gasteiger charge is 2.37. The van der Waals surface area contributed by atoms with E-state index in [2.05, 4.69) is 37.7 Å². The Morgan fingerprint density at radius 3 is 2.37 bits per heavy atom. The van der Waals surface area contributed by atoms with Crippen LogP contribution in [0.25, 0.3) is 0 Å². The van der Waals surface area contributed by atoms with E-state index in [1.165, 1.54) is 37.4 Å². The van der Waals surface area contributed by atoms with Crippen molar-refractivity contribution >= 4 is 75.6 Å². The van der Waals surface area contributed by atoms with E-state index in [4.69, 9.17) is 4.74 Å². The molecule has 1 fully saturated rings. The van der Waals surface area contributed by atoms with Gasteiger partial charge in [-0.25, -0.2) is 4.98 Å². The maximum absolute atomic E-state index is 14.3. The number of hydrogen-bond acceptors (Lipinski definition) is 14. The maximum atomic E-state index is 14.3. The topological polar surface area (TPSA) is 251 Å². The van der Waals surface area contributed by atoms with Crippen LogP contribution < -0.4 is 20.1 Å². The van der Waals surface area contributed by atoms with Crippen molar-refractivity contribution in [3.63, 3.8) is 0 Å². The molecule has 1 saturated heterocycles. The molecule has 0 spiro atoms. The molecule has 3 rings (SSSR count). The van der Waals surface area contributed by atoms with E-state index >= 15 is 0 Å². The number of thiol groups is 1. The van der Waals surface area contributed by atoms with Crippen molar-refractivity contribution in [2.24, 2.45) is 17.8 Å². The Kier molecular flexibility index (Phi) is 20.8. The largest absolute Gasteiger partial charge is 0.481 e. The number of benzene rings is 1. The summed E-state index contributed by atoms with van der Waals surface area (Å²) in [7, 11) is -1.38. The Hall–Kier alpha value is -4.31. The molecule has 352 valence electrons. The van der Waals surface area contributed by atoms with Crippen LogP contribution in [0.4, 0.5) is 5.69 Å². The van der Waals surface area contributed by atoms with Gasteiger partial charge in [-0.2, -0.15) is 21.0 Å². The predicted octanol–water partition coefficient (Wildman–Crippen LogP) is 4.92. The van der Waals surface area contributed by atoms with Crippen LogP contribution in [0.15, 0.2) is 23.6 Å². The summed E-state index contributed by atoms with van der Waals surface area (Å²) in [6.07, 6.45) is 2.93. The van der Waals surface area contributed by atoms with Gasteiger partial charge >= 0.3 is 22.3 Å². The molecular weight excluding hydrogens is 877 g/mol. The Labute approximate surface area is 380 Å². The lowest BCUT2D eigenvalue weighted by Gasteiger charge is -2.38. The Morgan fingerprint density at radius 1 is 1.08 bits per heavy atom. The number of nitrogens with one attached hydrogen (secondary N) is 3. The molecule has 1 aliphatic heterocycles. The van der Waals surface area contributed by atoms with Gasteiger partial charge in [0.2, 0.25) is 17.7 Å². The minimum atomic E-state index is -4.96. The number of rotatable bonds is 24. The van der Waals surface area contributed by atoms with Gasteiger partial charge in [-0.3, -0.25) is 38.2 Å². The van der Waals surface area contributed by atoms with Gasteiger partial charge in [-0.1, -0.05) is 53.5 Å². The molecule has 1 unspecified atom stereocenters. The molecule has 0 radical (unpaired) electrons. The summed E-state index contributed by atoms with van der Waals surface area (Å²) in [5, 5.41) is 20.0. The fraction of sp³-hybridized carbons (Fsp3) is 0.643. The number of amides is 4. The first kappa shape index (κ1) is 53.0. The molecule has 0 bridgehead atoms. The summed E-state index contributed by atoms with van der Waals surface area (Å²) in [6, 6.07) is 1.63. The molecule has 63 heavy (non-hydrogen) atoms. The normalized spacial score (nSPS) is 17.3. The average molecular weight is 941 g/mol. The zero-order valence-electron chi connectivity index (χ0n) is 37.3. The molecule has 21 heteroatoms. The molecular formula is C42H64N6O12S3. The van der Waals surface area contributed by atoms with Crippen LogP contribution >= 0.6 is 24.0 Å². The van der Waals surface area contributed by atoms with Gasteiger partial charge in [0, 0.05) is 44.3 Å². The van der Waals surface area contributed by atoms with E-state index in [9.17, 15) is 46.8 Å². The first-order valence-corrected chi connectivity index (χ1v) is 24.1. The highest BCUT2D eigenvalue weighted by atomic mass is 32.3. The summed E-state index contributed by atoms with van der Waals surface area (Å²) < 4.78 is 42.8. The van der Waals surface area contributed by atoms with Crippen molar-refractivity contribution in [1.82, 2.24) is 25.4 Å². The van der Waals surface area contributed by atoms with E-state index in [0.29, 0.717) is 30.6 Å². The average Bonchev–Trinajstić information content (AvgIpc) is 3.71. The second-order valence-corrected chi connectivity index (χ2v) is 19.0. The standard InChI is InChI=1S/C42H64N6O12S3/c1-9-25(4)37(46-39(52)32-13-10-11-17-47(32)7)41(53)48(8)33(24(2)3)22-35(59-27(6)49)40-45-31(23-62-40)38(51)43-29(19-26(5)42(54)55)20-28-15-16-34(60-63(56,57)58)30(21-28)44-36(50)14-12-18-61/h15-16,21,23-26,29,32-33,35,37,61H,9-14,17-20,22H2,1-8H3,(H,43,51)(H,44,50)(H,46,52)(H,54,55)(H,56,57,58)/t25-,26?,29+,32+,33+,35+,37-/m0/s1. The first-order valence-electron chi connectivity index (χ1n) is 21.2. The molecule has 18 nitrogen and oxygen atoms in total. The highest BCUT2D eigenvalue weighted by Crippen LogP contribution is 2.32. The van der Waals surface area contributed by atoms with Crippen molar-refractivity contribution in [2.75, 3.05) is 31.7 Å². The molecule has 1 aromatic carbocycles. The van der Waals surface area contributed by atoms with Crippen molar-refractivity contribution in [2.45, 2.75) is 130 Å². The van der Waals surface area contributed by atoms with Gasteiger partial charge in [0.1, 0.15) is 16.7 Å². The van der Waals surface area contributed by atoms with Crippen LogP contribution in [0.2, 0.25) is 0 Å². The number of carboxylic acids is 1. The molecule has 0 aliphatic carbocycles. The first-order chi connectivity index (χ1) is 29.5. The third-order valence-electron chi connectivity index (χ3n) is 11.2. The summed E-state index contributed by atoms with van der Waals surface area (Å²) in [4.78, 5) is 86.7. The van der Waals surface area contributed by atoms with E-state index in [0.717, 1.165) is 30.7 Å². The number of carbonyl (C=O) groups is 6. The summed E-state index contributed by atoms with van der Waals surface area (Å²) in [5.41, 5.74) is 0.339. The van der Waals surface area contributed by atoms with E-state index in [1.807, 2.05) is 39.6 Å². The van der Waals surface area contributed by atoms with E-state index < -0.39 is 64.3 Å². The molecule has 7 atom stereocenters. The Bertz CT molecular complexity index is 2010. The number of ether oxygens (including phenoxy) is 1. The summed E-state index contributed by atoms with van der Waals surface area (Å²) in [5.74, 6) is -4.47.